The first-order valence-electron chi connectivity index (χ1n) is 7.91. The number of rotatable bonds is 7. The van der Waals surface area contributed by atoms with E-state index in [1.165, 1.54) is 47.0 Å². The number of carbonyl (C=O) groups is 2. The average molecular weight is 396 g/mol. The van der Waals surface area contributed by atoms with Crippen LogP contribution in [0.1, 0.15) is 23.5 Å². The molecule has 26 heavy (non-hydrogen) atoms. The van der Waals surface area contributed by atoms with Gasteiger partial charge in [-0.15, -0.1) is 11.3 Å². The van der Waals surface area contributed by atoms with Gasteiger partial charge in [0, 0.05) is 18.8 Å². The lowest BCUT2D eigenvalue weighted by atomic mass is 10.3. The molecule has 140 valence electrons. The first kappa shape index (κ1) is 20.1. The van der Waals surface area contributed by atoms with E-state index in [1.807, 2.05) is 0 Å². The fraction of sp³-hybridized carbons (Fsp3) is 0.294. The van der Waals surface area contributed by atoms with Gasteiger partial charge < -0.3 is 10.6 Å². The predicted molar refractivity (Wildman–Crippen MR) is 102 cm³/mol. The highest BCUT2D eigenvalue weighted by molar-refractivity contribution is 7.89. The summed E-state index contributed by atoms with van der Waals surface area (Å²) in [5.74, 6) is -0.710. The van der Waals surface area contributed by atoms with E-state index in [2.05, 4.69) is 10.6 Å². The van der Waals surface area contributed by atoms with E-state index in [0.29, 0.717) is 10.6 Å². The molecule has 1 aromatic carbocycles. The number of amides is 2. The Morgan fingerprint density at radius 3 is 2.35 bits per heavy atom. The molecular weight excluding hydrogens is 374 g/mol. The Labute approximate surface area is 157 Å². The average Bonchev–Trinajstić information content (AvgIpc) is 3.14. The topological polar surface area (TPSA) is 95.6 Å². The Balaban J connectivity index is 1.94. The number of nitrogens with one attached hydrogen (secondary N) is 2. The van der Waals surface area contributed by atoms with Crippen LogP contribution in [0.15, 0.2) is 46.7 Å². The van der Waals surface area contributed by atoms with Crippen LogP contribution in [0.3, 0.4) is 0 Å². The van der Waals surface area contributed by atoms with Gasteiger partial charge in [-0.1, -0.05) is 6.07 Å². The zero-order valence-electron chi connectivity index (χ0n) is 14.7. The molecule has 0 saturated heterocycles. The van der Waals surface area contributed by atoms with Crippen molar-refractivity contribution in [3.63, 3.8) is 0 Å². The molecule has 2 aromatic rings. The summed E-state index contributed by atoms with van der Waals surface area (Å²) in [5.41, 5.74) is 0.450. The number of nitrogens with zero attached hydrogens (tertiary/aromatic N) is 1. The summed E-state index contributed by atoms with van der Waals surface area (Å²) in [4.78, 5) is 24.4. The lowest BCUT2D eigenvalue weighted by Crippen LogP contribution is -2.33. The van der Waals surface area contributed by atoms with Crippen LogP contribution in [-0.4, -0.2) is 44.2 Å². The second-order valence-electron chi connectivity index (χ2n) is 5.85. The lowest BCUT2D eigenvalue weighted by Gasteiger charge is -2.21. The van der Waals surface area contributed by atoms with E-state index in [-0.39, 0.29) is 23.4 Å². The van der Waals surface area contributed by atoms with Crippen molar-refractivity contribution in [2.45, 2.75) is 24.8 Å². The quantitative estimate of drug-likeness (QED) is 0.751. The van der Waals surface area contributed by atoms with Crippen molar-refractivity contribution in [3.05, 3.63) is 46.7 Å². The molecule has 0 aliphatic rings. The maximum absolute atomic E-state index is 12.4. The zero-order chi connectivity index (χ0) is 19.3. The third kappa shape index (κ3) is 4.90. The molecule has 1 heterocycles. The normalized spacial score (nSPS) is 11.6. The maximum atomic E-state index is 12.4. The van der Waals surface area contributed by atoms with Crippen LogP contribution in [0.25, 0.3) is 0 Å². The Hall–Kier alpha value is -2.23. The van der Waals surface area contributed by atoms with Crippen LogP contribution >= 0.6 is 11.3 Å². The Bertz CT molecular complexity index is 860. The van der Waals surface area contributed by atoms with Crippen LogP contribution in [0.4, 0.5) is 5.69 Å². The molecule has 0 spiro atoms. The van der Waals surface area contributed by atoms with Gasteiger partial charge in [-0.3, -0.25) is 9.59 Å². The van der Waals surface area contributed by atoms with Gasteiger partial charge in [0.05, 0.1) is 16.3 Å². The van der Waals surface area contributed by atoms with Gasteiger partial charge in [-0.2, -0.15) is 4.31 Å². The molecule has 0 atom stereocenters. The third-order valence-electron chi connectivity index (χ3n) is 3.70. The number of carbonyl (C=O) groups excluding carboxylic acids is 2. The summed E-state index contributed by atoms with van der Waals surface area (Å²) in [6.45, 7) is 3.40. The second-order valence-corrected chi connectivity index (χ2v) is 8.79. The maximum Gasteiger partial charge on any atom is 0.261 e. The SMILES string of the molecule is CC(C)N(C)S(=O)(=O)c1ccc(NC(=O)CNC(=O)c2cccs2)cc1. The Kier molecular flexibility index (Phi) is 6.52. The minimum absolute atomic E-state index is 0.151. The standard InChI is InChI=1S/C17H21N3O4S2/c1-12(2)20(3)26(23,24)14-8-6-13(7-9-14)19-16(21)11-18-17(22)15-5-4-10-25-15/h4-10,12H,11H2,1-3H3,(H,18,22)(H,19,21). The van der Waals surface area contributed by atoms with Crippen molar-refractivity contribution >= 4 is 38.9 Å². The van der Waals surface area contributed by atoms with E-state index in [9.17, 15) is 18.0 Å². The van der Waals surface area contributed by atoms with E-state index < -0.39 is 15.9 Å². The summed E-state index contributed by atoms with van der Waals surface area (Å²) in [6, 6.07) is 9.17. The highest BCUT2D eigenvalue weighted by Crippen LogP contribution is 2.19. The van der Waals surface area contributed by atoms with Gasteiger partial charge >= 0.3 is 0 Å². The Morgan fingerprint density at radius 2 is 1.81 bits per heavy atom. The van der Waals surface area contributed by atoms with Crippen LogP contribution in [-0.2, 0) is 14.8 Å². The molecule has 0 unspecified atom stereocenters. The van der Waals surface area contributed by atoms with E-state index in [4.69, 9.17) is 0 Å². The van der Waals surface area contributed by atoms with Crippen molar-refractivity contribution in [2.24, 2.45) is 0 Å². The van der Waals surface area contributed by atoms with Gasteiger partial charge in [0.2, 0.25) is 15.9 Å². The smallest absolute Gasteiger partial charge is 0.261 e. The first-order chi connectivity index (χ1) is 12.2. The van der Waals surface area contributed by atoms with Gasteiger partial charge in [0.25, 0.3) is 5.91 Å². The minimum Gasteiger partial charge on any atom is -0.342 e. The summed E-state index contributed by atoms with van der Waals surface area (Å²) in [7, 11) is -2.05. The molecule has 2 rings (SSSR count). The third-order valence-corrected chi connectivity index (χ3v) is 6.61. The number of anilines is 1. The highest BCUT2D eigenvalue weighted by atomic mass is 32.2. The highest BCUT2D eigenvalue weighted by Gasteiger charge is 2.22. The molecule has 0 bridgehead atoms. The number of sulfonamides is 1. The first-order valence-corrected chi connectivity index (χ1v) is 10.2. The fourth-order valence-electron chi connectivity index (χ4n) is 2.01. The van der Waals surface area contributed by atoms with Gasteiger partial charge in [0.1, 0.15) is 0 Å². The number of benzene rings is 1. The van der Waals surface area contributed by atoms with Gasteiger partial charge in [-0.05, 0) is 49.6 Å². The molecular formula is C17H21N3O4S2. The molecule has 1 aromatic heterocycles. The minimum atomic E-state index is -3.57. The predicted octanol–water partition coefficient (Wildman–Crippen LogP) is 2.15. The monoisotopic (exact) mass is 395 g/mol. The fourth-order valence-corrected chi connectivity index (χ4v) is 4.02. The van der Waals surface area contributed by atoms with Crippen LogP contribution < -0.4 is 10.6 Å². The van der Waals surface area contributed by atoms with Crippen molar-refractivity contribution in [1.82, 2.24) is 9.62 Å². The van der Waals surface area contributed by atoms with Crippen LogP contribution in [0, 0.1) is 0 Å². The number of hydrogen-bond donors (Lipinski definition) is 2. The van der Waals surface area contributed by atoms with Crippen LogP contribution in [0.2, 0.25) is 0 Å². The van der Waals surface area contributed by atoms with Gasteiger partial charge in [0.15, 0.2) is 0 Å². The molecule has 2 N–H and O–H groups in total. The van der Waals surface area contributed by atoms with E-state index >= 15 is 0 Å². The van der Waals surface area contributed by atoms with Crippen LogP contribution in [0.5, 0.6) is 0 Å². The molecule has 2 amide bonds. The van der Waals surface area contributed by atoms with E-state index in [1.54, 1.807) is 31.4 Å². The summed E-state index contributed by atoms with van der Waals surface area (Å²) < 4.78 is 26.1. The lowest BCUT2D eigenvalue weighted by molar-refractivity contribution is -0.115. The molecule has 0 saturated carbocycles. The molecule has 9 heteroatoms. The Morgan fingerprint density at radius 1 is 1.15 bits per heavy atom. The second kappa shape index (κ2) is 8.43. The molecule has 0 aliphatic carbocycles. The summed E-state index contributed by atoms with van der Waals surface area (Å²) in [5, 5.41) is 6.92. The van der Waals surface area contributed by atoms with Crippen molar-refractivity contribution in [3.8, 4) is 0 Å². The number of hydrogen-bond acceptors (Lipinski definition) is 5. The van der Waals surface area contributed by atoms with Crippen molar-refractivity contribution in [1.29, 1.82) is 0 Å². The van der Waals surface area contributed by atoms with Crippen molar-refractivity contribution < 1.29 is 18.0 Å². The molecule has 7 nitrogen and oxygen atoms in total. The van der Waals surface area contributed by atoms with Crippen molar-refractivity contribution in [2.75, 3.05) is 18.9 Å². The largest absolute Gasteiger partial charge is 0.342 e. The molecule has 0 fully saturated rings. The van der Waals surface area contributed by atoms with E-state index in [0.717, 1.165) is 0 Å². The van der Waals surface area contributed by atoms with Gasteiger partial charge in [-0.25, -0.2) is 8.42 Å². The zero-order valence-corrected chi connectivity index (χ0v) is 16.4. The summed E-state index contributed by atoms with van der Waals surface area (Å²) in [6.07, 6.45) is 0. The number of thiophene rings is 1. The molecule has 0 aliphatic heterocycles. The summed E-state index contributed by atoms with van der Waals surface area (Å²) >= 11 is 1.29. The molecule has 0 radical (unpaired) electrons.